The third-order valence-corrected chi connectivity index (χ3v) is 5.92. The molecule has 0 N–H and O–H groups in total. The molecule has 37 heavy (non-hydrogen) atoms. The lowest BCUT2D eigenvalue weighted by atomic mass is 10.1. The minimum Gasteiger partial charge on any atom is -0.460 e. The number of benzene rings is 2. The van der Waals surface area contributed by atoms with Crippen LogP contribution in [0.4, 0.5) is 0 Å². The first-order valence-electron chi connectivity index (χ1n) is 13.6. The second-order valence-corrected chi connectivity index (χ2v) is 10.7. The third kappa shape index (κ3) is 14.6. The molecule has 2 aromatic carbocycles. The normalized spacial score (nSPS) is 11.5. The van der Waals surface area contributed by atoms with E-state index in [0.717, 1.165) is 37.9 Å². The van der Waals surface area contributed by atoms with Gasteiger partial charge in [-0.2, -0.15) is 0 Å². The number of unbranched alkanes of at least 4 members (excludes halogenated alkanes) is 5. The Balaban J connectivity index is 1.64. The van der Waals surface area contributed by atoms with Gasteiger partial charge in [0.05, 0.1) is 13.0 Å². The van der Waals surface area contributed by atoms with Gasteiger partial charge in [-0.1, -0.05) is 86.3 Å². The number of nitrogens with zero attached hydrogens (tertiary/aromatic N) is 2. The van der Waals surface area contributed by atoms with Crippen molar-refractivity contribution in [1.82, 2.24) is 9.96 Å². The lowest BCUT2D eigenvalue weighted by molar-refractivity contribution is -0.194. The van der Waals surface area contributed by atoms with Crippen molar-refractivity contribution < 1.29 is 19.2 Å². The highest BCUT2D eigenvalue weighted by atomic mass is 16.7. The van der Waals surface area contributed by atoms with Crippen LogP contribution in [0.5, 0.6) is 0 Å². The van der Waals surface area contributed by atoms with Crippen LogP contribution in [-0.4, -0.2) is 47.6 Å². The highest BCUT2D eigenvalue weighted by Crippen LogP contribution is 2.13. The number of esters is 1. The van der Waals surface area contributed by atoms with Crippen molar-refractivity contribution in [3.8, 4) is 0 Å². The van der Waals surface area contributed by atoms with Crippen molar-refractivity contribution in [2.75, 3.05) is 20.1 Å². The molecule has 0 unspecified atom stereocenters. The van der Waals surface area contributed by atoms with Crippen molar-refractivity contribution in [3.63, 3.8) is 0 Å². The number of hydrogen-bond acceptors (Lipinski definition) is 5. The maximum Gasteiger partial charge on any atom is 0.308 e. The van der Waals surface area contributed by atoms with Crippen LogP contribution < -0.4 is 0 Å². The van der Waals surface area contributed by atoms with E-state index in [2.05, 4.69) is 42.3 Å². The van der Waals surface area contributed by atoms with E-state index < -0.39 is 5.60 Å². The maximum atomic E-state index is 12.9. The lowest BCUT2D eigenvalue weighted by Gasteiger charge is -2.24. The number of carbonyl (C=O) groups excluding carboxylic acids is 2. The van der Waals surface area contributed by atoms with Gasteiger partial charge in [0.1, 0.15) is 12.2 Å². The Kier molecular flexibility index (Phi) is 14.0. The molecule has 0 saturated heterocycles. The number of ether oxygens (including phenoxy) is 1. The predicted molar refractivity (Wildman–Crippen MR) is 149 cm³/mol. The molecular weight excluding hydrogens is 464 g/mol. The Morgan fingerprint density at radius 2 is 1.30 bits per heavy atom. The van der Waals surface area contributed by atoms with Gasteiger partial charge >= 0.3 is 5.97 Å². The van der Waals surface area contributed by atoms with Gasteiger partial charge in [-0.25, -0.2) is 5.06 Å². The van der Waals surface area contributed by atoms with E-state index in [0.29, 0.717) is 13.0 Å². The molecule has 6 nitrogen and oxygen atoms in total. The molecular formula is C31H46N2O4. The van der Waals surface area contributed by atoms with Crippen LogP contribution in [0.25, 0.3) is 0 Å². The average molecular weight is 511 g/mol. The van der Waals surface area contributed by atoms with Crippen molar-refractivity contribution in [3.05, 3.63) is 71.8 Å². The van der Waals surface area contributed by atoms with Crippen LogP contribution >= 0.6 is 0 Å². The summed E-state index contributed by atoms with van der Waals surface area (Å²) in [4.78, 5) is 33.2. The Labute approximate surface area is 223 Å². The number of rotatable bonds is 17. The van der Waals surface area contributed by atoms with Crippen LogP contribution in [0.3, 0.4) is 0 Å². The van der Waals surface area contributed by atoms with E-state index in [4.69, 9.17) is 9.57 Å². The summed E-state index contributed by atoms with van der Waals surface area (Å²) in [5.41, 5.74) is 1.78. The Hall–Kier alpha value is -2.70. The zero-order chi connectivity index (χ0) is 26.9. The van der Waals surface area contributed by atoms with Gasteiger partial charge in [-0.15, -0.1) is 0 Å². The number of hydrogen-bond donors (Lipinski definition) is 0. The lowest BCUT2D eigenvalue weighted by Crippen LogP contribution is -2.34. The first-order chi connectivity index (χ1) is 17.7. The molecule has 0 aromatic heterocycles. The molecule has 2 rings (SSSR count). The minimum absolute atomic E-state index is 0.0815. The topological polar surface area (TPSA) is 59.1 Å². The van der Waals surface area contributed by atoms with Crippen molar-refractivity contribution in [2.24, 2.45) is 0 Å². The van der Waals surface area contributed by atoms with Gasteiger partial charge in [-0.05, 0) is 58.3 Å². The first-order valence-corrected chi connectivity index (χ1v) is 13.6. The summed E-state index contributed by atoms with van der Waals surface area (Å²) in [6.45, 7) is 8.07. The molecule has 0 fully saturated rings. The van der Waals surface area contributed by atoms with Gasteiger partial charge in [-0.3, -0.25) is 14.4 Å². The fraction of sp³-hybridized carbons (Fsp3) is 0.548. The summed E-state index contributed by atoms with van der Waals surface area (Å²) in [5, 5.41) is 1.35. The summed E-state index contributed by atoms with van der Waals surface area (Å²) in [7, 11) is 2.17. The van der Waals surface area contributed by atoms with Crippen LogP contribution in [-0.2, 0) is 32.3 Å². The minimum atomic E-state index is -0.547. The van der Waals surface area contributed by atoms with Gasteiger partial charge in [0.15, 0.2) is 0 Å². The van der Waals surface area contributed by atoms with Crippen LogP contribution in [0.15, 0.2) is 60.7 Å². The van der Waals surface area contributed by atoms with Crippen molar-refractivity contribution in [1.29, 1.82) is 0 Å². The van der Waals surface area contributed by atoms with Crippen LogP contribution in [0.2, 0.25) is 0 Å². The Morgan fingerprint density at radius 3 is 1.92 bits per heavy atom. The predicted octanol–water partition coefficient (Wildman–Crippen LogP) is 6.54. The summed E-state index contributed by atoms with van der Waals surface area (Å²) in [5.74, 6) is -0.412. The zero-order valence-electron chi connectivity index (χ0n) is 23.3. The molecule has 0 saturated carbocycles. The van der Waals surface area contributed by atoms with Gasteiger partial charge in [0.25, 0.3) is 0 Å². The molecule has 0 aliphatic rings. The SMILES string of the molecule is CN(CCCCCCCCC(=O)N(CCC(=O)OC(C)(C)C)OCc1ccccc1)Cc1ccccc1. The van der Waals surface area contributed by atoms with E-state index in [9.17, 15) is 9.59 Å². The van der Waals surface area contributed by atoms with E-state index in [1.54, 1.807) is 0 Å². The quantitative estimate of drug-likeness (QED) is 0.137. The molecule has 0 spiro atoms. The van der Waals surface area contributed by atoms with Crippen molar-refractivity contribution in [2.45, 2.75) is 90.9 Å². The fourth-order valence-corrected chi connectivity index (χ4v) is 4.04. The molecule has 0 atom stereocenters. The second-order valence-electron chi connectivity index (χ2n) is 10.7. The maximum absolute atomic E-state index is 12.9. The monoisotopic (exact) mass is 510 g/mol. The largest absolute Gasteiger partial charge is 0.460 e. The second kappa shape index (κ2) is 16.9. The van der Waals surface area contributed by atoms with E-state index in [1.807, 2.05) is 51.1 Å². The molecule has 2 aromatic rings. The Morgan fingerprint density at radius 1 is 0.730 bits per heavy atom. The number of carbonyl (C=O) groups is 2. The smallest absolute Gasteiger partial charge is 0.308 e. The van der Waals surface area contributed by atoms with E-state index in [-0.39, 0.29) is 24.8 Å². The standard InChI is InChI=1S/C31H46N2O4/c1-31(2,3)37-30(35)22-24-33(36-26-28-19-13-10-14-20-28)29(34)21-15-7-5-6-8-16-23-32(4)25-27-17-11-9-12-18-27/h9-14,17-20H,5-8,15-16,21-26H2,1-4H3. The molecule has 0 aliphatic carbocycles. The zero-order valence-corrected chi connectivity index (χ0v) is 23.3. The van der Waals surface area contributed by atoms with Gasteiger partial charge in [0, 0.05) is 13.0 Å². The fourth-order valence-electron chi connectivity index (χ4n) is 4.04. The molecule has 0 radical (unpaired) electrons. The van der Waals surface area contributed by atoms with Gasteiger partial charge < -0.3 is 9.64 Å². The molecule has 0 aliphatic heterocycles. The van der Waals surface area contributed by atoms with Crippen LogP contribution in [0.1, 0.15) is 83.3 Å². The highest BCUT2D eigenvalue weighted by Gasteiger charge is 2.20. The summed E-state index contributed by atoms with van der Waals surface area (Å²) in [6, 6.07) is 20.3. The number of amides is 1. The molecule has 1 amide bonds. The highest BCUT2D eigenvalue weighted by molar-refractivity contribution is 5.76. The van der Waals surface area contributed by atoms with Crippen molar-refractivity contribution >= 4 is 11.9 Å². The Bertz CT molecular complexity index is 896. The molecule has 6 heteroatoms. The first kappa shape index (κ1) is 30.5. The van der Waals surface area contributed by atoms with E-state index >= 15 is 0 Å². The molecule has 204 valence electrons. The van der Waals surface area contributed by atoms with Gasteiger partial charge in [0.2, 0.25) is 5.91 Å². The van der Waals surface area contributed by atoms with E-state index in [1.165, 1.54) is 29.9 Å². The average Bonchev–Trinajstić information content (AvgIpc) is 2.85. The van der Waals surface area contributed by atoms with Crippen LogP contribution in [0, 0.1) is 0 Å². The third-order valence-electron chi connectivity index (χ3n) is 5.92. The number of hydroxylamine groups is 2. The molecule has 0 bridgehead atoms. The summed E-state index contributed by atoms with van der Waals surface area (Å²) in [6.07, 6.45) is 7.07. The summed E-state index contributed by atoms with van der Waals surface area (Å²) < 4.78 is 5.38. The summed E-state index contributed by atoms with van der Waals surface area (Å²) >= 11 is 0. The molecule has 0 heterocycles.